The number of piperidine rings is 1. The van der Waals surface area contributed by atoms with E-state index < -0.39 is 5.97 Å². The first-order chi connectivity index (χ1) is 9.04. The van der Waals surface area contributed by atoms with Gasteiger partial charge in [-0.05, 0) is 45.2 Å². The molecule has 2 heterocycles. The van der Waals surface area contributed by atoms with Gasteiger partial charge < -0.3 is 5.11 Å². The van der Waals surface area contributed by atoms with Crippen LogP contribution in [0.4, 0.5) is 0 Å². The fourth-order valence-corrected chi connectivity index (χ4v) is 2.81. The predicted octanol–water partition coefficient (Wildman–Crippen LogP) is 1.81. The molecular formula is C14H23N3O2. The zero-order valence-corrected chi connectivity index (χ0v) is 11.8. The fraction of sp³-hybridized carbons (Fsp3) is 0.714. The lowest BCUT2D eigenvalue weighted by molar-refractivity contribution is -0.137. The average Bonchev–Trinajstić information content (AvgIpc) is 2.67. The van der Waals surface area contributed by atoms with Crippen molar-refractivity contribution in [3.05, 3.63) is 17.5 Å². The van der Waals surface area contributed by atoms with E-state index >= 15 is 0 Å². The maximum absolute atomic E-state index is 10.6. The molecule has 5 heteroatoms. The Kier molecular flexibility index (Phi) is 4.58. The molecule has 1 aliphatic rings. The minimum Gasteiger partial charge on any atom is -0.481 e. The topological polar surface area (TPSA) is 58.4 Å². The third kappa shape index (κ3) is 4.06. The van der Waals surface area contributed by atoms with Crippen molar-refractivity contribution in [2.45, 2.75) is 39.2 Å². The highest BCUT2D eigenvalue weighted by Gasteiger charge is 2.20. The van der Waals surface area contributed by atoms with Gasteiger partial charge in [-0.25, -0.2) is 0 Å². The first kappa shape index (κ1) is 14.1. The van der Waals surface area contributed by atoms with Crippen molar-refractivity contribution in [3.63, 3.8) is 0 Å². The Morgan fingerprint density at radius 2 is 2.16 bits per heavy atom. The van der Waals surface area contributed by atoms with Crippen LogP contribution in [0.1, 0.15) is 36.9 Å². The second-order valence-electron chi connectivity index (χ2n) is 5.57. The number of nitrogens with zero attached hydrogens (tertiary/aromatic N) is 3. The number of hydrogen-bond acceptors (Lipinski definition) is 3. The third-order valence-corrected chi connectivity index (χ3v) is 3.98. The number of hydrogen-bond donors (Lipinski definition) is 1. The summed E-state index contributed by atoms with van der Waals surface area (Å²) in [4.78, 5) is 13.0. The van der Waals surface area contributed by atoms with E-state index in [1.165, 1.54) is 5.56 Å². The summed E-state index contributed by atoms with van der Waals surface area (Å²) in [6, 6.07) is 0. The monoisotopic (exact) mass is 265 g/mol. The van der Waals surface area contributed by atoms with Crippen molar-refractivity contribution in [3.8, 4) is 0 Å². The number of carboxylic acids is 1. The number of aromatic nitrogens is 2. The van der Waals surface area contributed by atoms with Crippen LogP contribution < -0.4 is 0 Å². The molecule has 0 unspecified atom stereocenters. The predicted molar refractivity (Wildman–Crippen MR) is 72.8 cm³/mol. The molecule has 0 aliphatic carbocycles. The number of aliphatic carboxylic acids is 1. The van der Waals surface area contributed by atoms with Crippen molar-refractivity contribution in [2.75, 3.05) is 13.1 Å². The van der Waals surface area contributed by atoms with Crippen LogP contribution in [0.5, 0.6) is 0 Å². The fourth-order valence-electron chi connectivity index (χ4n) is 2.81. The van der Waals surface area contributed by atoms with Crippen molar-refractivity contribution in [2.24, 2.45) is 13.0 Å². The highest BCUT2D eigenvalue weighted by atomic mass is 16.4. The third-order valence-electron chi connectivity index (χ3n) is 3.98. The van der Waals surface area contributed by atoms with Crippen molar-refractivity contribution < 1.29 is 9.90 Å². The highest BCUT2D eigenvalue weighted by Crippen LogP contribution is 2.23. The summed E-state index contributed by atoms with van der Waals surface area (Å²) in [5.41, 5.74) is 2.40. The Balaban J connectivity index is 1.77. The standard InChI is InChI=1S/C14H23N3O2/c1-11-13(9-16(2)15-11)10-17-7-5-12(6-8-17)3-4-14(18)19/h9,12H,3-8,10H2,1-2H3,(H,18,19). The van der Waals surface area contributed by atoms with Crippen LogP contribution in [-0.4, -0.2) is 38.8 Å². The minimum absolute atomic E-state index is 0.312. The number of carboxylic acid groups (broad SMARTS) is 1. The zero-order chi connectivity index (χ0) is 13.8. The van der Waals surface area contributed by atoms with Crippen LogP contribution in [0.15, 0.2) is 6.20 Å². The van der Waals surface area contributed by atoms with Gasteiger partial charge >= 0.3 is 5.97 Å². The molecule has 0 saturated carbocycles. The Bertz CT molecular complexity index is 434. The Hall–Kier alpha value is -1.36. The van der Waals surface area contributed by atoms with Crippen LogP contribution in [0, 0.1) is 12.8 Å². The molecule has 1 fully saturated rings. The lowest BCUT2D eigenvalue weighted by Crippen LogP contribution is -2.33. The number of carbonyl (C=O) groups is 1. The Labute approximate surface area is 114 Å². The van der Waals surface area contributed by atoms with E-state index in [4.69, 9.17) is 5.11 Å². The van der Waals surface area contributed by atoms with E-state index in [1.807, 2.05) is 11.7 Å². The van der Waals surface area contributed by atoms with Gasteiger partial charge in [0, 0.05) is 31.8 Å². The van der Waals surface area contributed by atoms with E-state index in [9.17, 15) is 4.79 Å². The Morgan fingerprint density at radius 3 is 2.68 bits per heavy atom. The molecule has 1 N–H and O–H groups in total. The lowest BCUT2D eigenvalue weighted by atomic mass is 9.92. The van der Waals surface area contributed by atoms with E-state index in [2.05, 4.69) is 23.1 Å². The molecule has 0 spiro atoms. The molecule has 106 valence electrons. The first-order valence-electron chi connectivity index (χ1n) is 6.98. The van der Waals surface area contributed by atoms with Gasteiger partial charge in [0.15, 0.2) is 0 Å². The van der Waals surface area contributed by atoms with E-state index in [1.54, 1.807) is 0 Å². The van der Waals surface area contributed by atoms with E-state index in [0.29, 0.717) is 12.3 Å². The number of aryl methyl sites for hydroxylation is 2. The van der Waals surface area contributed by atoms with Crippen LogP contribution >= 0.6 is 0 Å². The summed E-state index contributed by atoms with van der Waals surface area (Å²) >= 11 is 0. The molecule has 1 aromatic heterocycles. The average molecular weight is 265 g/mol. The highest BCUT2D eigenvalue weighted by molar-refractivity contribution is 5.66. The molecule has 1 saturated heterocycles. The summed E-state index contributed by atoms with van der Waals surface area (Å²) in [5, 5.41) is 13.1. The van der Waals surface area contributed by atoms with Gasteiger partial charge in [0.05, 0.1) is 5.69 Å². The van der Waals surface area contributed by atoms with Crippen molar-refractivity contribution in [1.29, 1.82) is 0 Å². The summed E-state index contributed by atoms with van der Waals surface area (Å²) in [7, 11) is 1.95. The summed E-state index contributed by atoms with van der Waals surface area (Å²) in [5.74, 6) is -0.0873. The zero-order valence-electron chi connectivity index (χ0n) is 11.8. The van der Waals surface area contributed by atoms with Crippen LogP contribution in [0.25, 0.3) is 0 Å². The van der Waals surface area contributed by atoms with Crippen molar-refractivity contribution in [1.82, 2.24) is 14.7 Å². The molecule has 0 atom stereocenters. The maximum Gasteiger partial charge on any atom is 0.303 e. The second kappa shape index (κ2) is 6.19. The van der Waals surface area contributed by atoms with Gasteiger partial charge in [-0.1, -0.05) is 0 Å². The molecule has 2 rings (SSSR count). The Morgan fingerprint density at radius 1 is 1.47 bits per heavy atom. The molecule has 0 radical (unpaired) electrons. The van der Waals surface area contributed by atoms with Crippen LogP contribution in [0.2, 0.25) is 0 Å². The van der Waals surface area contributed by atoms with Gasteiger partial charge in [0.25, 0.3) is 0 Å². The van der Waals surface area contributed by atoms with Gasteiger partial charge in [-0.3, -0.25) is 14.4 Å². The molecule has 19 heavy (non-hydrogen) atoms. The number of likely N-dealkylation sites (tertiary alicyclic amines) is 1. The summed E-state index contributed by atoms with van der Waals surface area (Å²) < 4.78 is 1.87. The first-order valence-corrected chi connectivity index (χ1v) is 6.98. The SMILES string of the molecule is Cc1nn(C)cc1CN1CCC(CCC(=O)O)CC1. The molecule has 1 aromatic rings. The quantitative estimate of drug-likeness (QED) is 0.882. The minimum atomic E-state index is -0.673. The molecule has 1 aliphatic heterocycles. The smallest absolute Gasteiger partial charge is 0.303 e. The van der Waals surface area contributed by atoms with Crippen molar-refractivity contribution >= 4 is 5.97 Å². The van der Waals surface area contributed by atoms with Gasteiger partial charge in [0.2, 0.25) is 0 Å². The van der Waals surface area contributed by atoms with E-state index in [-0.39, 0.29) is 0 Å². The molecule has 0 amide bonds. The van der Waals surface area contributed by atoms with Gasteiger partial charge in [0.1, 0.15) is 0 Å². The lowest BCUT2D eigenvalue weighted by Gasteiger charge is -2.31. The summed E-state index contributed by atoms with van der Waals surface area (Å²) in [6.07, 6.45) is 5.46. The maximum atomic E-state index is 10.6. The summed E-state index contributed by atoms with van der Waals surface area (Å²) in [6.45, 7) is 5.15. The molecular weight excluding hydrogens is 242 g/mol. The molecule has 0 aromatic carbocycles. The second-order valence-corrected chi connectivity index (χ2v) is 5.57. The van der Waals surface area contributed by atoms with Gasteiger partial charge in [-0.15, -0.1) is 0 Å². The van der Waals surface area contributed by atoms with Gasteiger partial charge in [-0.2, -0.15) is 5.10 Å². The normalized spacial score (nSPS) is 17.8. The van der Waals surface area contributed by atoms with E-state index in [0.717, 1.165) is 44.6 Å². The van der Waals surface area contributed by atoms with Crippen LogP contribution in [0.3, 0.4) is 0 Å². The molecule has 0 bridgehead atoms. The largest absolute Gasteiger partial charge is 0.481 e. The number of rotatable bonds is 5. The molecule has 5 nitrogen and oxygen atoms in total. The van der Waals surface area contributed by atoms with Crippen LogP contribution in [-0.2, 0) is 18.4 Å².